The van der Waals surface area contributed by atoms with Gasteiger partial charge in [-0.3, -0.25) is 4.79 Å². The van der Waals surface area contributed by atoms with Gasteiger partial charge in [0.1, 0.15) is 6.04 Å². The molecule has 1 aliphatic heterocycles. The predicted octanol–water partition coefficient (Wildman–Crippen LogP) is 2.43. The van der Waals surface area contributed by atoms with E-state index in [0.29, 0.717) is 18.0 Å². The number of aliphatic carboxylic acids is 1. The first kappa shape index (κ1) is 13.6. The highest BCUT2D eigenvalue weighted by Crippen LogP contribution is 2.19. The van der Waals surface area contributed by atoms with Gasteiger partial charge in [0.2, 0.25) is 5.91 Å². The van der Waals surface area contributed by atoms with E-state index >= 15 is 0 Å². The molecule has 1 aromatic carbocycles. The van der Waals surface area contributed by atoms with E-state index in [2.05, 4.69) is 0 Å². The second-order valence-corrected chi connectivity index (χ2v) is 4.79. The third-order valence-corrected chi connectivity index (χ3v) is 3.48. The first-order valence-electron chi connectivity index (χ1n) is 6.05. The molecule has 0 saturated carbocycles. The van der Waals surface area contributed by atoms with Gasteiger partial charge in [-0.15, -0.1) is 0 Å². The third kappa shape index (κ3) is 3.15. The Morgan fingerprint density at radius 3 is 2.79 bits per heavy atom. The van der Waals surface area contributed by atoms with Gasteiger partial charge >= 0.3 is 5.97 Å². The quantitative estimate of drug-likeness (QED) is 0.865. The molecule has 0 unspecified atom stereocenters. The van der Waals surface area contributed by atoms with Crippen LogP contribution in [0.15, 0.2) is 30.3 Å². The van der Waals surface area contributed by atoms with Crippen molar-refractivity contribution in [3.63, 3.8) is 0 Å². The van der Waals surface area contributed by atoms with E-state index in [9.17, 15) is 9.59 Å². The average Bonchev–Trinajstić information content (AvgIpc) is 2.87. The molecule has 4 nitrogen and oxygen atoms in total. The topological polar surface area (TPSA) is 57.6 Å². The van der Waals surface area contributed by atoms with Gasteiger partial charge in [0.05, 0.1) is 0 Å². The Morgan fingerprint density at radius 2 is 2.11 bits per heavy atom. The number of nitrogens with zero attached hydrogens (tertiary/aromatic N) is 1. The van der Waals surface area contributed by atoms with Crippen LogP contribution in [0.4, 0.5) is 0 Å². The zero-order valence-corrected chi connectivity index (χ0v) is 11.0. The molecule has 1 fully saturated rings. The predicted molar refractivity (Wildman–Crippen MR) is 72.9 cm³/mol. The SMILES string of the molecule is O=C(O)[C@H]1CCCN1C(=O)/C=C/c1ccccc1Cl. The van der Waals surface area contributed by atoms with E-state index in [4.69, 9.17) is 16.7 Å². The minimum atomic E-state index is -0.947. The number of benzene rings is 1. The highest BCUT2D eigenvalue weighted by Gasteiger charge is 2.32. The van der Waals surface area contributed by atoms with Gasteiger partial charge in [-0.05, 0) is 30.5 Å². The first-order chi connectivity index (χ1) is 9.09. The van der Waals surface area contributed by atoms with Crippen molar-refractivity contribution in [1.29, 1.82) is 0 Å². The molecule has 1 atom stereocenters. The van der Waals surface area contributed by atoms with Gasteiger partial charge in [-0.2, -0.15) is 0 Å². The number of carboxylic acids is 1. The second kappa shape index (κ2) is 5.89. The normalized spacial score (nSPS) is 19.0. The van der Waals surface area contributed by atoms with Crippen molar-refractivity contribution >= 4 is 29.6 Å². The molecule has 100 valence electrons. The largest absolute Gasteiger partial charge is 0.480 e. The summed E-state index contributed by atoms with van der Waals surface area (Å²) in [5.41, 5.74) is 0.739. The van der Waals surface area contributed by atoms with Crippen LogP contribution in [-0.4, -0.2) is 34.5 Å². The molecule has 0 aliphatic carbocycles. The monoisotopic (exact) mass is 279 g/mol. The molecule has 0 radical (unpaired) electrons. The Balaban J connectivity index is 2.09. The van der Waals surface area contributed by atoms with E-state index < -0.39 is 12.0 Å². The van der Waals surface area contributed by atoms with Gasteiger partial charge in [0.25, 0.3) is 0 Å². The van der Waals surface area contributed by atoms with Crippen LogP contribution in [0.3, 0.4) is 0 Å². The number of hydrogen-bond donors (Lipinski definition) is 1. The molecule has 1 N–H and O–H groups in total. The summed E-state index contributed by atoms with van der Waals surface area (Å²) in [5.74, 6) is -1.23. The molecule has 5 heteroatoms. The van der Waals surface area contributed by atoms with Crippen LogP contribution in [0.2, 0.25) is 5.02 Å². The van der Waals surface area contributed by atoms with E-state index in [0.717, 1.165) is 12.0 Å². The van der Waals surface area contributed by atoms with Crippen LogP contribution in [0.5, 0.6) is 0 Å². The van der Waals surface area contributed by atoms with Gasteiger partial charge in [-0.25, -0.2) is 4.79 Å². The number of amides is 1. The molecule has 0 bridgehead atoms. The van der Waals surface area contributed by atoms with Crippen molar-refractivity contribution in [2.75, 3.05) is 6.54 Å². The molecule has 1 saturated heterocycles. The third-order valence-electron chi connectivity index (χ3n) is 3.13. The van der Waals surface area contributed by atoms with Crippen molar-refractivity contribution in [3.05, 3.63) is 40.9 Å². The minimum Gasteiger partial charge on any atom is -0.480 e. The van der Waals surface area contributed by atoms with Crippen LogP contribution in [-0.2, 0) is 9.59 Å². The maximum Gasteiger partial charge on any atom is 0.326 e. The first-order valence-corrected chi connectivity index (χ1v) is 6.43. The number of rotatable bonds is 3. The van der Waals surface area contributed by atoms with E-state index in [1.54, 1.807) is 18.2 Å². The summed E-state index contributed by atoms with van der Waals surface area (Å²) in [6.45, 7) is 0.489. The molecule has 2 rings (SSSR count). The molecular formula is C14H14ClNO3. The van der Waals surface area contributed by atoms with Crippen LogP contribution < -0.4 is 0 Å². The van der Waals surface area contributed by atoms with Crippen LogP contribution in [0.25, 0.3) is 6.08 Å². The molecule has 1 amide bonds. The smallest absolute Gasteiger partial charge is 0.326 e. The van der Waals surface area contributed by atoms with Gasteiger partial charge < -0.3 is 10.0 Å². The van der Waals surface area contributed by atoms with Crippen molar-refractivity contribution in [3.8, 4) is 0 Å². The molecule has 1 heterocycles. The fourth-order valence-corrected chi connectivity index (χ4v) is 2.35. The standard InChI is InChI=1S/C14H14ClNO3/c15-11-5-2-1-4-10(11)7-8-13(17)16-9-3-6-12(16)14(18)19/h1-2,4-5,7-8,12H,3,6,9H2,(H,18,19)/b8-7+/t12-/m1/s1. The van der Waals surface area contributed by atoms with Crippen LogP contribution in [0.1, 0.15) is 18.4 Å². The van der Waals surface area contributed by atoms with Crippen molar-refractivity contribution < 1.29 is 14.7 Å². The zero-order valence-electron chi connectivity index (χ0n) is 10.3. The average molecular weight is 280 g/mol. The number of likely N-dealkylation sites (tertiary alicyclic amines) is 1. The number of carboxylic acid groups (broad SMARTS) is 1. The zero-order chi connectivity index (χ0) is 13.8. The Labute approximate surface area is 116 Å². The maximum absolute atomic E-state index is 12.0. The molecular weight excluding hydrogens is 266 g/mol. The van der Waals surface area contributed by atoms with Gasteiger partial charge in [0.15, 0.2) is 0 Å². The van der Waals surface area contributed by atoms with Crippen LogP contribution >= 0.6 is 11.6 Å². The summed E-state index contributed by atoms with van der Waals surface area (Å²) in [6, 6.07) is 6.46. The summed E-state index contributed by atoms with van der Waals surface area (Å²) in [7, 11) is 0. The van der Waals surface area contributed by atoms with Crippen molar-refractivity contribution in [2.24, 2.45) is 0 Å². The number of carbonyl (C=O) groups excluding carboxylic acids is 1. The summed E-state index contributed by atoms with van der Waals surface area (Å²) in [5, 5.41) is 9.58. The molecule has 19 heavy (non-hydrogen) atoms. The lowest BCUT2D eigenvalue weighted by atomic mass is 10.2. The van der Waals surface area contributed by atoms with Crippen LogP contribution in [0, 0.1) is 0 Å². The lowest BCUT2D eigenvalue weighted by Crippen LogP contribution is -2.39. The fourth-order valence-electron chi connectivity index (χ4n) is 2.15. The van der Waals surface area contributed by atoms with Gasteiger partial charge in [0, 0.05) is 17.6 Å². The minimum absolute atomic E-state index is 0.287. The van der Waals surface area contributed by atoms with E-state index in [1.165, 1.54) is 11.0 Å². The second-order valence-electron chi connectivity index (χ2n) is 4.38. The highest BCUT2D eigenvalue weighted by molar-refractivity contribution is 6.32. The summed E-state index contributed by atoms with van der Waals surface area (Å²) in [6.07, 6.45) is 4.23. The molecule has 1 aliphatic rings. The van der Waals surface area contributed by atoms with Crippen molar-refractivity contribution in [2.45, 2.75) is 18.9 Å². The molecule has 0 aromatic heterocycles. The molecule has 1 aromatic rings. The Bertz CT molecular complexity index is 527. The number of halogens is 1. The van der Waals surface area contributed by atoms with Gasteiger partial charge in [-0.1, -0.05) is 29.8 Å². The summed E-state index contributed by atoms with van der Waals surface area (Å²) in [4.78, 5) is 24.4. The Morgan fingerprint density at radius 1 is 1.37 bits per heavy atom. The Kier molecular flexibility index (Phi) is 4.22. The van der Waals surface area contributed by atoms with E-state index in [1.807, 2.05) is 12.1 Å². The number of hydrogen-bond acceptors (Lipinski definition) is 2. The highest BCUT2D eigenvalue weighted by atomic mass is 35.5. The fraction of sp³-hybridized carbons (Fsp3) is 0.286. The number of carbonyl (C=O) groups is 2. The van der Waals surface area contributed by atoms with Crippen molar-refractivity contribution in [1.82, 2.24) is 4.90 Å². The summed E-state index contributed by atoms with van der Waals surface area (Å²) < 4.78 is 0. The van der Waals surface area contributed by atoms with E-state index in [-0.39, 0.29) is 5.91 Å². The Hall–Kier alpha value is -1.81. The maximum atomic E-state index is 12.0. The summed E-state index contributed by atoms with van der Waals surface area (Å²) >= 11 is 5.98. The lowest BCUT2D eigenvalue weighted by Gasteiger charge is -2.19. The lowest BCUT2D eigenvalue weighted by molar-refractivity contribution is -0.146. The molecule has 0 spiro atoms.